The van der Waals surface area contributed by atoms with Crippen molar-refractivity contribution in [1.29, 1.82) is 0 Å². The van der Waals surface area contributed by atoms with Crippen molar-refractivity contribution in [1.82, 2.24) is 9.88 Å². The normalized spacial score (nSPS) is 22.4. The van der Waals surface area contributed by atoms with Gasteiger partial charge in [-0.25, -0.2) is 4.39 Å². The van der Waals surface area contributed by atoms with Crippen LogP contribution in [0, 0.1) is 17.2 Å². The van der Waals surface area contributed by atoms with E-state index in [0.29, 0.717) is 0 Å². The van der Waals surface area contributed by atoms with Crippen LogP contribution in [0.2, 0.25) is 0 Å². The van der Waals surface area contributed by atoms with Crippen molar-refractivity contribution in [2.24, 2.45) is 11.3 Å². The summed E-state index contributed by atoms with van der Waals surface area (Å²) in [7, 11) is 0. The van der Waals surface area contributed by atoms with Crippen LogP contribution in [0.4, 0.5) is 10.1 Å². The first-order chi connectivity index (χ1) is 17.5. The monoisotopic (exact) mass is 479 g/mol. The Balaban J connectivity index is 1.31. The minimum absolute atomic E-state index is 0.0775. The van der Waals surface area contributed by atoms with Crippen molar-refractivity contribution >= 4 is 28.4 Å². The van der Waals surface area contributed by atoms with E-state index in [1.54, 1.807) is 12.1 Å². The molecule has 1 aliphatic heterocycles. The quantitative estimate of drug-likeness (QED) is 0.409. The third kappa shape index (κ3) is 3.28. The van der Waals surface area contributed by atoms with Crippen LogP contribution < -0.4 is 10.2 Å². The van der Waals surface area contributed by atoms with Gasteiger partial charge >= 0.3 is 0 Å². The lowest BCUT2D eigenvalue weighted by atomic mass is 9.91. The van der Waals surface area contributed by atoms with Gasteiger partial charge in [0.2, 0.25) is 11.8 Å². The number of fused-ring (bicyclic) bond motifs is 1. The maximum Gasteiger partial charge on any atom is 0.236 e. The van der Waals surface area contributed by atoms with E-state index >= 15 is 0 Å². The third-order valence-corrected chi connectivity index (χ3v) is 8.07. The summed E-state index contributed by atoms with van der Waals surface area (Å²) in [6.45, 7) is 0. The van der Waals surface area contributed by atoms with Crippen molar-refractivity contribution in [3.05, 3.63) is 96.4 Å². The highest BCUT2D eigenvalue weighted by Gasteiger charge is 2.67. The Morgan fingerprint density at radius 1 is 0.917 bits per heavy atom. The summed E-state index contributed by atoms with van der Waals surface area (Å²) in [5.74, 6) is -0.0123. The Hall–Kier alpha value is -3.93. The number of nitrogens with zero attached hydrogens (tertiary/aromatic N) is 2. The molecule has 2 unspecified atom stereocenters. The molecule has 3 fully saturated rings. The molecule has 7 rings (SSSR count). The molecule has 1 N–H and O–H groups in total. The fourth-order valence-electron chi connectivity index (χ4n) is 5.82. The molecule has 2 saturated carbocycles. The summed E-state index contributed by atoms with van der Waals surface area (Å²) in [6, 6.07) is 24.0. The summed E-state index contributed by atoms with van der Waals surface area (Å²) >= 11 is 0. The minimum atomic E-state index is -0.528. The lowest BCUT2D eigenvalue weighted by Gasteiger charge is -2.29. The summed E-state index contributed by atoms with van der Waals surface area (Å²) in [5.41, 5.74) is 3.18. The van der Waals surface area contributed by atoms with Gasteiger partial charge in [-0.2, -0.15) is 0 Å². The van der Waals surface area contributed by atoms with Gasteiger partial charge in [0.05, 0.1) is 23.0 Å². The predicted octanol–water partition coefficient (Wildman–Crippen LogP) is 5.53. The topological polar surface area (TPSA) is 54.3 Å². The van der Waals surface area contributed by atoms with E-state index in [9.17, 15) is 14.0 Å². The average Bonchev–Trinajstić information content (AvgIpc) is 3.82. The van der Waals surface area contributed by atoms with Crippen molar-refractivity contribution in [2.45, 2.75) is 37.8 Å². The fourth-order valence-corrected chi connectivity index (χ4v) is 5.82. The number of halogens is 1. The lowest BCUT2D eigenvalue weighted by molar-refractivity contribution is -0.124. The molecular formula is C30H26FN3O2. The van der Waals surface area contributed by atoms with E-state index in [1.165, 1.54) is 12.1 Å². The molecule has 0 radical (unpaired) electrons. The van der Waals surface area contributed by atoms with Gasteiger partial charge in [-0.1, -0.05) is 30.3 Å². The number of aromatic nitrogens is 1. The van der Waals surface area contributed by atoms with Crippen LogP contribution in [0.5, 0.6) is 0 Å². The van der Waals surface area contributed by atoms with E-state index in [2.05, 4.69) is 5.32 Å². The van der Waals surface area contributed by atoms with Gasteiger partial charge in [0.15, 0.2) is 0 Å². The van der Waals surface area contributed by atoms with E-state index < -0.39 is 5.41 Å². The second-order valence-electron chi connectivity index (χ2n) is 10.4. The molecule has 0 bridgehead atoms. The molecule has 4 aromatic rings. The smallest absolute Gasteiger partial charge is 0.236 e. The average molecular weight is 480 g/mol. The number of anilines is 1. The molecule has 3 aromatic carbocycles. The van der Waals surface area contributed by atoms with E-state index in [0.717, 1.165) is 53.5 Å². The zero-order valence-electron chi connectivity index (χ0n) is 19.7. The number of hydrogen-bond donors (Lipinski definition) is 1. The molecule has 36 heavy (non-hydrogen) atoms. The fraction of sp³-hybridized carbons (Fsp3) is 0.267. The molecular weight excluding hydrogens is 453 g/mol. The van der Waals surface area contributed by atoms with Gasteiger partial charge in [0.1, 0.15) is 5.82 Å². The maximum atomic E-state index is 14.0. The standard InChI is InChI=1S/C30H26FN3O2/c31-22-8-10-23(11-9-22)33-17-14-21-18-24(12-13-25(21)33)34-26(19-4-2-1-3-5-19)27(30(15-16-30)29(34)36)32-28(35)20-6-7-20/h1-5,8-14,17-18,20,26-27H,6-7,15-16H2,(H,32,35). The number of rotatable bonds is 5. The Morgan fingerprint density at radius 2 is 1.64 bits per heavy atom. The first-order valence-corrected chi connectivity index (χ1v) is 12.6. The zero-order valence-corrected chi connectivity index (χ0v) is 19.7. The number of hydrogen-bond acceptors (Lipinski definition) is 2. The maximum absolute atomic E-state index is 14.0. The summed E-state index contributed by atoms with van der Waals surface area (Å²) < 4.78 is 15.4. The molecule has 1 spiro atoms. The van der Waals surface area contributed by atoms with Gasteiger partial charge in [0.25, 0.3) is 0 Å². The molecule has 2 heterocycles. The van der Waals surface area contributed by atoms with E-state index in [-0.39, 0.29) is 35.6 Å². The van der Waals surface area contributed by atoms with Crippen LogP contribution in [-0.4, -0.2) is 22.4 Å². The van der Waals surface area contributed by atoms with Gasteiger partial charge in [-0.15, -0.1) is 0 Å². The number of carbonyl (C=O) groups excluding carboxylic acids is 2. The largest absolute Gasteiger partial charge is 0.350 e. The Labute approximate surface area is 208 Å². The van der Waals surface area contributed by atoms with Crippen LogP contribution >= 0.6 is 0 Å². The van der Waals surface area contributed by atoms with Crippen molar-refractivity contribution in [3.63, 3.8) is 0 Å². The Morgan fingerprint density at radius 3 is 2.33 bits per heavy atom. The second-order valence-corrected chi connectivity index (χ2v) is 10.4. The molecule has 5 nitrogen and oxygen atoms in total. The molecule has 2 amide bonds. The summed E-state index contributed by atoms with van der Waals surface area (Å²) in [6.07, 6.45) is 5.42. The summed E-state index contributed by atoms with van der Waals surface area (Å²) in [5, 5.41) is 4.30. The zero-order chi connectivity index (χ0) is 24.4. The number of benzene rings is 3. The van der Waals surface area contributed by atoms with Gasteiger partial charge in [-0.05, 0) is 79.8 Å². The van der Waals surface area contributed by atoms with E-state index in [1.807, 2.05) is 70.3 Å². The van der Waals surface area contributed by atoms with Crippen molar-refractivity contribution < 1.29 is 14.0 Å². The van der Waals surface area contributed by atoms with Crippen LogP contribution in [0.25, 0.3) is 16.6 Å². The molecule has 3 aliphatic rings. The van der Waals surface area contributed by atoms with Gasteiger partial charge in [0, 0.05) is 28.9 Å². The highest BCUT2D eigenvalue weighted by Crippen LogP contribution is 2.60. The van der Waals surface area contributed by atoms with Crippen molar-refractivity contribution in [3.8, 4) is 5.69 Å². The lowest BCUT2D eigenvalue weighted by Crippen LogP contribution is -2.44. The second kappa shape index (κ2) is 7.79. The van der Waals surface area contributed by atoms with E-state index in [4.69, 9.17) is 0 Å². The minimum Gasteiger partial charge on any atom is -0.350 e. The van der Waals surface area contributed by atoms with Crippen LogP contribution in [0.3, 0.4) is 0 Å². The Kier molecular flexibility index (Phi) is 4.62. The molecule has 180 valence electrons. The van der Waals surface area contributed by atoms with Crippen molar-refractivity contribution in [2.75, 3.05) is 4.90 Å². The number of amides is 2. The highest BCUT2D eigenvalue weighted by molar-refractivity contribution is 6.05. The van der Waals surface area contributed by atoms with Gasteiger partial charge < -0.3 is 14.8 Å². The number of carbonyl (C=O) groups is 2. The molecule has 1 saturated heterocycles. The van der Waals surface area contributed by atoms with Crippen LogP contribution in [0.15, 0.2) is 85.1 Å². The first kappa shape index (κ1) is 21.4. The third-order valence-electron chi connectivity index (χ3n) is 8.07. The molecule has 2 atom stereocenters. The molecule has 6 heteroatoms. The molecule has 1 aromatic heterocycles. The highest BCUT2D eigenvalue weighted by atomic mass is 19.1. The SMILES string of the molecule is O=C(NC1C(c2ccccc2)N(c2ccc3c(ccn3-c3ccc(F)cc3)c2)C(=O)C12CC2)C1CC1. The Bertz CT molecular complexity index is 1490. The molecule has 2 aliphatic carbocycles. The predicted molar refractivity (Wildman–Crippen MR) is 136 cm³/mol. The van der Waals surface area contributed by atoms with Crippen LogP contribution in [0.1, 0.15) is 37.3 Å². The summed E-state index contributed by atoms with van der Waals surface area (Å²) in [4.78, 5) is 28.8. The first-order valence-electron chi connectivity index (χ1n) is 12.6. The van der Waals surface area contributed by atoms with Gasteiger partial charge in [-0.3, -0.25) is 9.59 Å². The van der Waals surface area contributed by atoms with Crippen LogP contribution in [-0.2, 0) is 9.59 Å². The number of nitrogens with one attached hydrogen (secondary N) is 1.